The molecule has 2 heterocycles. The Labute approximate surface area is 101 Å². The number of benzene rings is 1. The van der Waals surface area contributed by atoms with Crippen molar-refractivity contribution >= 4 is 17.3 Å². The topological polar surface area (TPSA) is 44.8 Å². The molecule has 1 aromatic carbocycles. The summed E-state index contributed by atoms with van der Waals surface area (Å²) in [6, 6.07) is 6.77. The van der Waals surface area contributed by atoms with E-state index in [4.69, 9.17) is 14.2 Å². The van der Waals surface area contributed by atoms with Gasteiger partial charge in [-0.25, -0.2) is 4.79 Å². The lowest BCUT2D eigenvalue weighted by atomic mass is 10.3. The Hall–Kier alpha value is -2.01. The van der Waals surface area contributed by atoms with Crippen LogP contribution in [0.15, 0.2) is 35.0 Å². The van der Waals surface area contributed by atoms with E-state index in [2.05, 4.69) is 0 Å². The minimum atomic E-state index is -0.370. The number of ether oxygens (including phenoxy) is 3. The van der Waals surface area contributed by atoms with E-state index in [0.29, 0.717) is 22.8 Å². The van der Waals surface area contributed by atoms with Crippen molar-refractivity contribution in [3.05, 3.63) is 40.6 Å². The number of hydrogen-bond acceptors (Lipinski definition) is 5. The highest BCUT2D eigenvalue weighted by molar-refractivity contribution is 7.08. The number of hydrogen-bond donors (Lipinski definition) is 0. The Bertz CT molecular complexity index is 548. The second-order valence-electron chi connectivity index (χ2n) is 3.42. The number of thiophene rings is 1. The summed E-state index contributed by atoms with van der Waals surface area (Å²) < 4.78 is 15.6. The largest absolute Gasteiger partial charge is 0.454 e. The molecule has 0 atom stereocenters. The zero-order valence-electron chi connectivity index (χ0n) is 8.71. The minimum absolute atomic E-state index is 0.206. The van der Waals surface area contributed by atoms with Crippen molar-refractivity contribution in [3.8, 4) is 17.2 Å². The first-order valence-electron chi connectivity index (χ1n) is 4.97. The smallest absolute Gasteiger partial charge is 0.344 e. The first kappa shape index (κ1) is 10.2. The molecule has 1 aliphatic rings. The van der Waals surface area contributed by atoms with E-state index in [9.17, 15) is 4.79 Å². The molecule has 0 spiro atoms. The van der Waals surface area contributed by atoms with Crippen LogP contribution in [0.1, 0.15) is 10.4 Å². The quantitative estimate of drug-likeness (QED) is 0.605. The molecule has 5 heteroatoms. The Morgan fingerprint density at radius 3 is 2.94 bits per heavy atom. The molecule has 0 saturated carbocycles. The molecule has 0 amide bonds. The molecule has 0 N–H and O–H groups in total. The number of rotatable bonds is 2. The summed E-state index contributed by atoms with van der Waals surface area (Å²) in [7, 11) is 0. The third-order valence-corrected chi connectivity index (χ3v) is 2.99. The van der Waals surface area contributed by atoms with Crippen molar-refractivity contribution in [2.24, 2.45) is 0 Å². The third kappa shape index (κ3) is 1.97. The number of carbonyl (C=O) groups excluding carboxylic acids is 1. The van der Waals surface area contributed by atoms with Crippen molar-refractivity contribution < 1.29 is 19.0 Å². The van der Waals surface area contributed by atoms with E-state index in [1.165, 1.54) is 11.3 Å². The lowest BCUT2D eigenvalue weighted by Gasteiger charge is -2.03. The van der Waals surface area contributed by atoms with Gasteiger partial charge < -0.3 is 14.2 Å². The molecule has 2 aromatic rings. The first-order valence-corrected chi connectivity index (χ1v) is 5.91. The van der Waals surface area contributed by atoms with Gasteiger partial charge in [0, 0.05) is 11.4 Å². The summed E-state index contributed by atoms with van der Waals surface area (Å²) in [6.45, 7) is 0.206. The summed E-state index contributed by atoms with van der Waals surface area (Å²) >= 11 is 1.45. The summed E-state index contributed by atoms with van der Waals surface area (Å²) in [4.78, 5) is 11.7. The van der Waals surface area contributed by atoms with Gasteiger partial charge in [0.25, 0.3) is 0 Å². The van der Waals surface area contributed by atoms with Crippen LogP contribution in [0, 0.1) is 0 Å². The predicted molar refractivity (Wildman–Crippen MR) is 61.8 cm³/mol. The molecule has 3 rings (SSSR count). The van der Waals surface area contributed by atoms with E-state index in [0.717, 1.165) is 0 Å². The second kappa shape index (κ2) is 4.10. The summed E-state index contributed by atoms with van der Waals surface area (Å²) in [5, 5.41) is 3.57. The molecular formula is C12H8O4S. The normalized spacial score (nSPS) is 12.5. The zero-order valence-corrected chi connectivity index (χ0v) is 9.53. The molecule has 17 heavy (non-hydrogen) atoms. The fourth-order valence-corrected chi connectivity index (χ4v) is 2.11. The Balaban J connectivity index is 1.80. The number of esters is 1. The van der Waals surface area contributed by atoms with Crippen LogP contribution in [0.2, 0.25) is 0 Å². The average Bonchev–Trinajstić information content (AvgIpc) is 2.99. The Morgan fingerprint density at radius 2 is 2.12 bits per heavy atom. The predicted octanol–water partition coefficient (Wildman–Crippen LogP) is 2.70. The summed E-state index contributed by atoms with van der Waals surface area (Å²) in [5.74, 6) is 1.34. The Morgan fingerprint density at radius 1 is 1.24 bits per heavy atom. The van der Waals surface area contributed by atoms with E-state index >= 15 is 0 Å². The van der Waals surface area contributed by atoms with Crippen molar-refractivity contribution in [1.82, 2.24) is 0 Å². The molecule has 0 radical (unpaired) electrons. The van der Waals surface area contributed by atoms with E-state index in [1.54, 1.807) is 29.6 Å². The molecule has 86 valence electrons. The molecular weight excluding hydrogens is 240 g/mol. The highest BCUT2D eigenvalue weighted by atomic mass is 32.1. The van der Waals surface area contributed by atoms with Crippen LogP contribution in [0.25, 0.3) is 0 Å². The fourth-order valence-electron chi connectivity index (χ4n) is 1.49. The van der Waals surface area contributed by atoms with Gasteiger partial charge in [-0.3, -0.25) is 0 Å². The maximum atomic E-state index is 11.7. The lowest BCUT2D eigenvalue weighted by Crippen LogP contribution is -2.06. The first-order chi connectivity index (χ1) is 8.33. The monoisotopic (exact) mass is 248 g/mol. The van der Waals surface area contributed by atoms with E-state index in [1.807, 2.05) is 5.38 Å². The van der Waals surface area contributed by atoms with Crippen molar-refractivity contribution in [1.29, 1.82) is 0 Å². The molecule has 0 aliphatic carbocycles. The maximum absolute atomic E-state index is 11.7. The van der Waals surface area contributed by atoms with Gasteiger partial charge in [0.05, 0.1) is 5.56 Å². The number of carbonyl (C=O) groups is 1. The van der Waals surface area contributed by atoms with Gasteiger partial charge in [0.2, 0.25) is 6.79 Å². The molecule has 0 saturated heterocycles. The molecule has 0 fully saturated rings. The zero-order chi connectivity index (χ0) is 11.7. The summed E-state index contributed by atoms with van der Waals surface area (Å²) in [5.41, 5.74) is 0.549. The van der Waals surface area contributed by atoms with Crippen LogP contribution in [0.3, 0.4) is 0 Å². The van der Waals surface area contributed by atoms with Gasteiger partial charge in [0.15, 0.2) is 11.5 Å². The van der Waals surface area contributed by atoms with Crippen LogP contribution in [0.5, 0.6) is 17.2 Å². The lowest BCUT2D eigenvalue weighted by molar-refractivity contribution is 0.0735. The highest BCUT2D eigenvalue weighted by Gasteiger charge is 2.15. The van der Waals surface area contributed by atoms with Gasteiger partial charge in [-0.15, -0.1) is 0 Å². The van der Waals surface area contributed by atoms with Crippen LogP contribution in [-0.4, -0.2) is 12.8 Å². The maximum Gasteiger partial charge on any atom is 0.344 e. The highest BCUT2D eigenvalue weighted by Crippen LogP contribution is 2.35. The molecule has 0 bridgehead atoms. The third-order valence-electron chi connectivity index (χ3n) is 2.31. The molecule has 0 unspecified atom stereocenters. The van der Waals surface area contributed by atoms with Gasteiger partial charge in [-0.1, -0.05) is 0 Å². The van der Waals surface area contributed by atoms with E-state index in [-0.39, 0.29) is 12.8 Å². The van der Waals surface area contributed by atoms with Crippen molar-refractivity contribution in [2.45, 2.75) is 0 Å². The van der Waals surface area contributed by atoms with Crippen molar-refractivity contribution in [3.63, 3.8) is 0 Å². The van der Waals surface area contributed by atoms with Crippen LogP contribution >= 0.6 is 11.3 Å². The van der Waals surface area contributed by atoms with Crippen LogP contribution in [-0.2, 0) is 0 Å². The molecule has 4 nitrogen and oxygen atoms in total. The second-order valence-corrected chi connectivity index (χ2v) is 4.20. The minimum Gasteiger partial charge on any atom is -0.454 e. The Kier molecular flexibility index (Phi) is 2.45. The van der Waals surface area contributed by atoms with Crippen molar-refractivity contribution in [2.75, 3.05) is 6.79 Å². The fraction of sp³-hybridized carbons (Fsp3) is 0.0833. The van der Waals surface area contributed by atoms with Crippen LogP contribution in [0.4, 0.5) is 0 Å². The summed E-state index contributed by atoms with van der Waals surface area (Å²) in [6.07, 6.45) is 0. The van der Waals surface area contributed by atoms with E-state index < -0.39 is 0 Å². The average molecular weight is 248 g/mol. The SMILES string of the molecule is O=C(Oc1ccc2c(c1)OCO2)c1ccsc1. The van der Waals surface area contributed by atoms with Gasteiger partial charge in [-0.2, -0.15) is 11.3 Å². The van der Waals surface area contributed by atoms with Gasteiger partial charge in [-0.05, 0) is 23.6 Å². The standard InChI is InChI=1S/C12H8O4S/c13-12(8-3-4-17-6-8)16-9-1-2-10-11(5-9)15-7-14-10/h1-6H,7H2. The van der Waals surface area contributed by atoms with Gasteiger partial charge >= 0.3 is 5.97 Å². The van der Waals surface area contributed by atoms with Crippen LogP contribution < -0.4 is 14.2 Å². The molecule has 1 aliphatic heterocycles. The number of fused-ring (bicyclic) bond motifs is 1. The molecule has 1 aromatic heterocycles. The van der Waals surface area contributed by atoms with Gasteiger partial charge in [0.1, 0.15) is 5.75 Å².